The Labute approximate surface area is 214 Å². The average molecular weight is 512 g/mol. The van der Waals surface area contributed by atoms with Crippen LogP contribution in [0.5, 0.6) is 0 Å². The number of likely N-dealkylation sites (tertiary alicyclic amines) is 1. The fraction of sp³-hybridized carbons (Fsp3) is 0.462. The van der Waals surface area contributed by atoms with Gasteiger partial charge in [-0.3, -0.25) is 9.59 Å². The van der Waals surface area contributed by atoms with E-state index in [0.29, 0.717) is 18.0 Å². The van der Waals surface area contributed by atoms with Crippen LogP contribution in [-0.2, 0) is 16.1 Å². The first kappa shape index (κ1) is 25.8. The lowest BCUT2D eigenvalue weighted by Crippen LogP contribution is -2.48. The number of carbonyl (C=O) groups is 2. The lowest BCUT2D eigenvalue weighted by atomic mass is 9.91. The molecule has 10 heteroatoms. The monoisotopic (exact) mass is 511 g/mol. The van der Waals surface area contributed by atoms with E-state index in [1.165, 1.54) is 4.90 Å². The van der Waals surface area contributed by atoms with Crippen molar-refractivity contribution in [3.63, 3.8) is 0 Å². The maximum absolute atomic E-state index is 13.5. The van der Waals surface area contributed by atoms with Crippen molar-refractivity contribution in [2.24, 2.45) is 5.92 Å². The van der Waals surface area contributed by atoms with E-state index in [4.69, 9.17) is 4.52 Å². The predicted molar refractivity (Wildman–Crippen MR) is 139 cm³/mol. The molecule has 3 N–H and O–H groups in total. The number of hydrogen-bond donors (Lipinski definition) is 3. The summed E-state index contributed by atoms with van der Waals surface area (Å²) in [4.78, 5) is 33.7. The molecule has 2 amide bonds. The number of aromatic nitrogens is 2. The molecule has 0 aliphatic carbocycles. The normalized spacial score (nSPS) is 18.5. The zero-order valence-corrected chi connectivity index (χ0v) is 22.1. The van der Waals surface area contributed by atoms with Crippen LogP contribution in [0, 0.1) is 19.8 Å². The van der Waals surface area contributed by atoms with Crippen LogP contribution in [0.15, 0.2) is 34.3 Å². The van der Waals surface area contributed by atoms with Gasteiger partial charge in [-0.05, 0) is 37.0 Å². The smallest absolute Gasteiger partial charge is 0.243 e. The van der Waals surface area contributed by atoms with Gasteiger partial charge in [0, 0.05) is 38.3 Å². The number of nitrogens with zero attached hydrogens (tertiary/aromatic N) is 3. The third-order valence-electron chi connectivity index (χ3n) is 6.59. The van der Waals surface area contributed by atoms with E-state index < -0.39 is 18.1 Å². The van der Waals surface area contributed by atoms with Crippen LogP contribution < -0.4 is 10.6 Å². The fourth-order valence-electron chi connectivity index (χ4n) is 4.73. The molecule has 0 spiro atoms. The molecular formula is C26H33N5O4S. The minimum Gasteiger partial charge on any atom is -0.391 e. The number of carbonyl (C=O) groups excluding carboxylic acids is 2. The van der Waals surface area contributed by atoms with Crippen molar-refractivity contribution in [1.29, 1.82) is 0 Å². The standard InChI is InChI=1S/C26H33N5O4S/c1-14(2)23(22-8-15(3)30-35-22)26(34)31-12-19(32)10-21(31)25(33)28-11-18-7-6-17(9-20(18)27-5)24-16(4)29-13-36-24/h6-9,13-14,19,21,23,27,32H,10-12H2,1-5H3,(H,28,33)/t19-,21+,23+/m0/s1. The molecule has 1 aromatic carbocycles. The minimum atomic E-state index is -0.760. The number of β-amino-alcohol motifs (C(OH)–C–C–N with tert-alkyl or cyclic N) is 1. The second-order valence-corrected chi connectivity index (χ2v) is 10.4. The highest BCUT2D eigenvalue weighted by molar-refractivity contribution is 7.13. The number of benzene rings is 1. The Bertz CT molecular complexity index is 1240. The molecular weight excluding hydrogens is 478 g/mol. The van der Waals surface area contributed by atoms with E-state index in [1.807, 2.05) is 51.5 Å². The molecule has 4 rings (SSSR count). The van der Waals surface area contributed by atoms with Crippen LogP contribution in [0.3, 0.4) is 0 Å². The van der Waals surface area contributed by atoms with Gasteiger partial charge in [0.15, 0.2) is 0 Å². The zero-order chi connectivity index (χ0) is 26.0. The van der Waals surface area contributed by atoms with E-state index in [9.17, 15) is 14.7 Å². The largest absolute Gasteiger partial charge is 0.391 e. The molecule has 3 atom stereocenters. The summed E-state index contributed by atoms with van der Waals surface area (Å²) in [6.07, 6.45) is -0.566. The van der Waals surface area contributed by atoms with Gasteiger partial charge < -0.3 is 25.2 Å². The second kappa shape index (κ2) is 10.8. The molecule has 0 bridgehead atoms. The highest BCUT2D eigenvalue weighted by Crippen LogP contribution is 2.32. The lowest BCUT2D eigenvalue weighted by molar-refractivity contribution is -0.141. The van der Waals surface area contributed by atoms with E-state index in [1.54, 1.807) is 24.3 Å². The van der Waals surface area contributed by atoms with Crippen molar-refractivity contribution < 1.29 is 19.2 Å². The van der Waals surface area contributed by atoms with Crippen LogP contribution >= 0.6 is 11.3 Å². The summed E-state index contributed by atoms with van der Waals surface area (Å²) in [7, 11) is 1.84. The third-order valence-corrected chi connectivity index (χ3v) is 7.57. The summed E-state index contributed by atoms with van der Waals surface area (Å²) in [5.74, 6) is -0.697. The summed E-state index contributed by atoms with van der Waals surface area (Å²) >= 11 is 1.59. The quantitative estimate of drug-likeness (QED) is 0.423. The maximum Gasteiger partial charge on any atom is 0.243 e. The molecule has 192 valence electrons. The Morgan fingerprint density at radius 1 is 1.28 bits per heavy atom. The fourth-order valence-corrected chi connectivity index (χ4v) is 5.54. The first-order valence-electron chi connectivity index (χ1n) is 12.1. The molecule has 36 heavy (non-hydrogen) atoms. The van der Waals surface area contributed by atoms with Crippen molar-refractivity contribution in [2.45, 2.75) is 58.7 Å². The summed E-state index contributed by atoms with van der Waals surface area (Å²) in [5, 5.41) is 20.4. The van der Waals surface area contributed by atoms with Crippen LogP contribution in [0.25, 0.3) is 10.4 Å². The first-order chi connectivity index (χ1) is 17.2. The number of thiazole rings is 1. The molecule has 1 aliphatic heterocycles. The molecule has 9 nitrogen and oxygen atoms in total. The van der Waals surface area contributed by atoms with E-state index in [-0.39, 0.29) is 30.7 Å². The van der Waals surface area contributed by atoms with Crippen LogP contribution in [-0.4, -0.2) is 57.7 Å². The minimum absolute atomic E-state index is 0.0646. The van der Waals surface area contributed by atoms with Crippen molar-refractivity contribution in [1.82, 2.24) is 20.4 Å². The average Bonchev–Trinajstić information content (AvgIpc) is 3.57. The Morgan fingerprint density at radius 2 is 2.06 bits per heavy atom. The van der Waals surface area contributed by atoms with Crippen molar-refractivity contribution in [3.8, 4) is 10.4 Å². The molecule has 0 radical (unpaired) electrons. The number of aliphatic hydroxyl groups is 1. The van der Waals surface area contributed by atoms with Gasteiger partial charge in [-0.15, -0.1) is 11.3 Å². The summed E-state index contributed by atoms with van der Waals surface area (Å²) < 4.78 is 5.39. The Balaban J connectivity index is 1.48. The van der Waals surface area contributed by atoms with Gasteiger partial charge in [0.05, 0.1) is 27.9 Å². The van der Waals surface area contributed by atoms with Gasteiger partial charge in [-0.2, -0.15) is 0 Å². The summed E-state index contributed by atoms with van der Waals surface area (Å²) in [6.45, 7) is 8.04. The highest BCUT2D eigenvalue weighted by atomic mass is 32.1. The number of aryl methyl sites for hydroxylation is 2. The van der Waals surface area contributed by atoms with Gasteiger partial charge >= 0.3 is 0 Å². The van der Waals surface area contributed by atoms with Crippen molar-refractivity contribution >= 4 is 28.8 Å². The Morgan fingerprint density at radius 3 is 2.67 bits per heavy atom. The molecule has 3 heterocycles. The maximum atomic E-state index is 13.5. The summed E-state index contributed by atoms with van der Waals surface area (Å²) in [6, 6.07) is 7.04. The number of rotatable bonds is 8. The molecule has 0 unspecified atom stereocenters. The molecule has 3 aromatic rings. The zero-order valence-electron chi connectivity index (χ0n) is 21.2. The molecule has 1 aliphatic rings. The SMILES string of the molecule is CNc1cc(-c2scnc2C)ccc1CNC(=O)[C@H]1C[C@H](O)CN1C(=O)[C@@H](c1cc(C)no1)C(C)C. The van der Waals surface area contributed by atoms with E-state index >= 15 is 0 Å². The third kappa shape index (κ3) is 5.29. The number of amides is 2. The van der Waals surface area contributed by atoms with E-state index in [0.717, 1.165) is 27.4 Å². The van der Waals surface area contributed by atoms with Crippen molar-refractivity contribution in [3.05, 3.63) is 52.5 Å². The van der Waals surface area contributed by atoms with Gasteiger partial charge in [-0.25, -0.2) is 4.98 Å². The molecule has 2 aromatic heterocycles. The van der Waals surface area contributed by atoms with Crippen LogP contribution in [0.2, 0.25) is 0 Å². The van der Waals surface area contributed by atoms with Gasteiger partial charge in [0.25, 0.3) is 0 Å². The second-order valence-electron chi connectivity index (χ2n) is 9.59. The van der Waals surface area contributed by atoms with Gasteiger partial charge in [0.2, 0.25) is 11.8 Å². The number of hydrogen-bond acceptors (Lipinski definition) is 8. The first-order valence-corrected chi connectivity index (χ1v) is 13.0. The van der Waals surface area contributed by atoms with Gasteiger partial charge in [-0.1, -0.05) is 31.1 Å². The van der Waals surface area contributed by atoms with E-state index in [2.05, 4.69) is 20.8 Å². The van der Waals surface area contributed by atoms with Crippen LogP contribution in [0.4, 0.5) is 5.69 Å². The Kier molecular flexibility index (Phi) is 7.75. The lowest BCUT2D eigenvalue weighted by Gasteiger charge is -2.28. The highest BCUT2D eigenvalue weighted by Gasteiger charge is 2.43. The molecule has 1 fully saturated rings. The summed E-state index contributed by atoms with van der Waals surface area (Å²) in [5.41, 5.74) is 6.39. The van der Waals surface area contributed by atoms with Gasteiger partial charge in [0.1, 0.15) is 17.7 Å². The molecule has 0 saturated carbocycles. The predicted octanol–water partition coefficient (Wildman–Crippen LogP) is 3.47. The Hall–Kier alpha value is -3.24. The topological polar surface area (TPSA) is 121 Å². The van der Waals surface area contributed by atoms with Crippen LogP contribution in [0.1, 0.15) is 48.9 Å². The number of anilines is 1. The molecule has 1 saturated heterocycles. The number of aliphatic hydroxyl groups excluding tert-OH is 1. The van der Waals surface area contributed by atoms with Crippen molar-refractivity contribution in [2.75, 3.05) is 18.9 Å². The number of nitrogens with one attached hydrogen (secondary N) is 2.